The zero-order chi connectivity index (χ0) is 21.2. The van der Waals surface area contributed by atoms with E-state index in [1.807, 2.05) is 66.7 Å². The van der Waals surface area contributed by atoms with E-state index in [2.05, 4.69) is 28.0 Å². The molecule has 3 aromatic carbocycles. The molecular weight excluding hydrogens is 386 g/mol. The number of benzene rings is 3. The number of rotatable bonds is 3. The first kappa shape index (κ1) is 19.0. The molecule has 5 heteroatoms. The summed E-state index contributed by atoms with van der Waals surface area (Å²) in [7, 11) is 0. The lowest BCUT2D eigenvalue weighted by molar-refractivity contribution is 0.522. The van der Waals surface area contributed by atoms with Gasteiger partial charge >= 0.3 is 5.63 Å². The van der Waals surface area contributed by atoms with Gasteiger partial charge in [-0.3, -0.25) is 0 Å². The van der Waals surface area contributed by atoms with Crippen LogP contribution in [0, 0.1) is 11.3 Å². The maximum absolute atomic E-state index is 12.6. The fourth-order valence-electron chi connectivity index (χ4n) is 4.16. The number of piperazine rings is 1. The predicted octanol–water partition coefficient (Wildman–Crippen LogP) is 4.66. The smallest absolute Gasteiger partial charge is 0.356 e. The molecule has 31 heavy (non-hydrogen) atoms. The molecule has 0 saturated carbocycles. The van der Waals surface area contributed by atoms with Gasteiger partial charge in [-0.05, 0) is 29.0 Å². The highest BCUT2D eigenvalue weighted by Gasteiger charge is 2.23. The van der Waals surface area contributed by atoms with E-state index in [9.17, 15) is 10.1 Å². The summed E-state index contributed by atoms with van der Waals surface area (Å²) >= 11 is 0. The van der Waals surface area contributed by atoms with Crippen LogP contribution in [-0.2, 0) is 0 Å². The SMILES string of the molecule is N#Cc1c(N2CCN(c3ccccc3)CC2)cc(-c2ccc3ccccc3c2)oc1=O. The Morgan fingerprint density at radius 2 is 1.45 bits per heavy atom. The molecule has 0 N–H and O–H groups in total. The van der Waals surface area contributed by atoms with Crippen LogP contribution in [0.5, 0.6) is 0 Å². The summed E-state index contributed by atoms with van der Waals surface area (Å²) in [5, 5.41) is 11.8. The Morgan fingerprint density at radius 1 is 0.774 bits per heavy atom. The van der Waals surface area contributed by atoms with Gasteiger partial charge in [-0.1, -0.05) is 54.6 Å². The molecule has 1 aliphatic rings. The second-order valence-corrected chi connectivity index (χ2v) is 7.64. The van der Waals surface area contributed by atoms with Gasteiger partial charge < -0.3 is 14.2 Å². The van der Waals surface area contributed by atoms with Crippen LogP contribution in [0.25, 0.3) is 22.1 Å². The maximum Gasteiger partial charge on any atom is 0.356 e. The van der Waals surface area contributed by atoms with Crippen LogP contribution in [0.4, 0.5) is 11.4 Å². The summed E-state index contributed by atoms with van der Waals surface area (Å²) in [6, 6.07) is 28.2. The van der Waals surface area contributed by atoms with Crippen LogP contribution in [0.2, 0.25) is 0 Å². The molecule has 0 spiro atoms. The minimum Gasteiger partial charge on any atom is -0.422 e. The molecule has 0 amide bonds. The van der Waals surface area contributed by atoms with Gasteiger partial charge in [0.15, 0.2) is 5.56 Å². The molecular formula is C26H21N3O2. The van der Waals surface area contributed by atoms with Gasteiger partial charge in [0.2, 0.25) is 0 Å². The third-order valence-corrected chi connectivity index (χ3v) is 5.82. The molecule has 5 rings (SSSR count). The first-order valence-electron chi connectivity index (χ1n) is 10.4. The van der Waals surface area contributed by atoms with Crippen molar-refractivity contribution in [3.63, 3.8) is 0 Å². The molecule has 0 unspecified atom stereocenters. The molecule has 0 atom stereocenters. The summed E-state index contributed by atoms with van der Waals surface area (Å²) in [5.74, 6) is 0.482. The Labute approximate surface area is 180 Å². The number of nitriles is 1. The van der Waals surface area contributed by atoms with E-state index < -0.39 is 5.63 Å². The van der Waals surface area contributed by atoms with E-state index in [0.29, 0.717) is 11.4 Å². The Morgan fingerprint density at radius 3 is 2.19 bits per heavy atom. The molecule has 5 nitrogen and oxygen atoms in total. The highest BCUT2D eigenvalue weighted by molar-refractivity contribution is 5.87. The zero-order valence-electron chi connectivity index (χ0n) is 17.0. The van der Waals surface area contributed by atoms with Crippen molar-refractivity contribution < 1.29 is 4.42 Å². The quantitative estimate of drug-likeness (QED) is 0.494. The lowest BCUT2D eigenvalue weighted by atomic mass is 10.0. The molecule has 1 aromatic heterocycles. The minimum atomic E-state index is -0.589. The van der Waals surface area contributed by atoms with Gasteiger partial charge in [0, 0.05) is 43.5 Å². The van der Waals surface area contributed by atoms with Crippen molar-refractivity contribution in [3.8, 4) is 17.4 Å². The summed E-state index contributed by atoms with van der Waals surface area (Å²) in [5.41, 5.74) is 2.14. The molecule has 0 bridgehead atoms. The fourth-order valence-corrected chi connectivity index (χ4v) is 4.16. The lowest BCUT2D eigenvalue weighted by Crippen LogP contribution is -2.47. The van der Waals surface area contributed by atoms with Crippen molar-refractivity contribution in [2.75, 3.05) is 36.0 Å². The standard InChI is InChI=1S/C26H21N3O2/c27-18-23-24(29-14-12-28(13-15-29)22-8-2-1-3-9-22)17-25(31-26(23)30)21-11-10-19-6-4-5-7-20(19)16-21/h1-11,16-17H,12-15H2. The number of hydrogen-bond donors (Lipinski definition) is 0. The molecule has 1 aliphatic heterocycles. The number of anilines is 2. The third kappa shape index (κ3) is 3.64. The topological polar surface area (TPSA) is 60.5 Å². The van der Waals surface area contributed by atoms with Gasteiger partial charge in [-0.15, -0.1) is 0 Å². The minimum absolute atomic E-state index is 0.0673. The first-order chi connectivity index (χ1) is 15.2. The monoisotopic (exact) mass is 407 g/mol. The highest BCUT2D eigenvalue weighted by atomic mass is 16.4. The maximum atomic E-state index is 12.6. The van der Waals surface area contributed by atoms with Crippen molar-refractivity contribution >= 4 is 22.1 Å². The molecule has 4 aromatic rings. The summed E-state index contributed by atoms with van der Waals surface area (Å²) in [4.78, 5) is 17.1. The van der Waals surface area contributed by atoms with Crippen LogP contribution in [0.15, 0.2) is 88.1 Å². The molecule has 0 aliphatic carbocycles. The van der Waals surface area contributed by atoms with Crippen molar-refractivity contribution in [2.45, 2.75) is 0 Å². The fraction of sp³-hybridized carbons (Fsp3) is 0.154. The van der Waals surface area contributed by atoms with Crippen molar-refractivity contribution in [1.82, 2.24) is 0 Å². The van der Waals surface area contributed by atoms with E-state index in [0.717, 1.165) is 42.5 Å². The molecule has 1 fully saturated rings. The first-order valence-corrected chi connectivity index (χ1v) is 10.4. The zero-order valence-corrected chi connectivity index (χ0v) is 17.0. The van der Waals surface area contributed by atoms with E-state index in [1.54, 1.807) is 0 Å². The number of fused-ring (bicyclic) bond motifs is 1. The van der Waals surface area contributed by atoms with Gasteiger partial charge in [0.05, 0.1) is 5.69 Å². The Hall–Kier alpha value is -4.04. The summed E-state index contributed by atoms with van der Waals surface area (Å²) in [6.45, 7) is 3.09. The Bertz CT molecular complexity index is 1330. The lowest BCUT2D eigenvalue weighted by Gasteiger charge is -2.37. The van der Waals surface area contributed by atoms with Crippen LogP contribution < -0.4 is 15.4 Å². The van der Waals surface area contributed by atoms with Crippen LogP contribution >= 0.6 is 0 Å². The van der Waals surface area contributed by atoms with Crippen molar-refractivity contribution in [3.05, 3.63) is 94.8 Å². The second kappa shape index (κ2) is 8.00. The van der Waals surface area contributed by atoms with Crippen LogP contribution in [-0.4, -0.2) is 26.2 Å². The van der Waals surface area contributed by atoms with Gasteiger partial charge in [0.25, 0.3) is 0 Å². The molecule has 152 valence electrons. The van der Waals surface area contributed by atoms with Crippen molar-refractivity contribution in [2.24, 2.45) is 0 Å². The van der Waals surface area contributed by atoms with Gasteiger partial charge in [0.1, 0.15) is 11.8 Å². The average molecular weight is 407 g/mol. The highest BCUT2D eigenvalue weighted by Crippen LogP contribution is 2.29. The van der Waals surface area contributed by atoms with Crippen molar-refractivity contribution in [1.29, 1.82) is 5.26 Å². The van der Waals surface area contributed by atoms with E-state index in [-0.39, 0.29) is 5.56 Å². The van der Waals surface area contributed by atoms with E-state index in [1.165, 1.54) is 5.69 Å². The summed E-state index contributed by atoms with van der Waals surface area (Å²) < 4.78 is 5.54. The molecule has 0 radical (unpaired) electrons. The largest absolute Gasteiger partial charge is 0.422 e. The molecule has 1 saturated heterocycles. The van der Waals surface area contributed by atoms with Crippen LogP contribution in [0.3, 0.4) is 0 Å². The number of hydrogen-bond acceptors (Lipinski definition) is 5. The number of nitrogens with zero attached hydrogens (tertiary/aromatic N) is 3. The van der Waals surface area contributed by atoms with E-state index in [4.69, 9.17) is 4.42 Å². The van der Waals surface area contributed by atoms with Gasteiger partial charge in [-0.25, -0.2) is 4.79 Å². The summed E-state index contributed by atoms with van der Waals surface area (Å²) in [6.07, 6.45) is 0. The Kier molecular flexibility index (Phi) is 4.89. The average Bonchev–Trinajstić information content (AvgIpc) is 2.84. The normalized spacial score (nSPS) is 13.9. The van der Waals surface area contributed by atoms with E-state index >= 15 is 0 Å². The Balaban J connectivity index is 1.48. The predicted molar refractivity (Wildman–Crippen MR) is 124 cm³/mol. The number of para-hydroxylation sites is 1. The van der Waals surface area contributed by atoms with Gasteiger partial charge in [-0.2, -0.15) is 5.26 Å². The second-order valence-electron chi connectivity index (χ2n) is 7.64. The molecule has 2 heterocycles. The van der Waals surface area contributed by atoms with Crippen LogP contribution in [0.1, 0.15) is 5.56 Å². The third-order valence-electron chi connectivity index (χ3n) is 5.82.